The molecule has 1 fully saturated rings. The Labute approximate surface area is 280 Å². The minimum absolute atomic E-state index is 0.0635. The molecule has 1 saturated heterocycles. The smallest absolute Gasteiger partial charge is 0.326 e. The fraction of sp³-hybridized carbons (Fsp3) is 0.742. The van der Waals surface area contributed by atoms with Crippen LogP contribution in [0.15, 0.2) is 0 Å². The van der Waals surface area contributed by atoms with Crippen LogP contribution in [0.25, 0.3) is 0 Å². The van der Waals surface area contributed by atoms with Gasteiger partial charge in [-0.05, 0) is 50.0 Å². The highest BCUT2D eigenvalue weighted by Crippen LogP contribution is 2.12. The number of carboxylic acid groups (broad SMARTS) is 2. The number of hydrogen-bond acceptors (Lipinski definition) is 9. The second kappa shape index (κ2) is 20.2. The van der Waals surface area contributed by atoms with Gasteiger partial charge < -0.3 is 47.8 Å². The van der Waals surface area contributed by atoms with E-state index in [2.05, 4.69) is 31.9 Å². The summed E-state index contributed by atoms with van der Waals surface area (Å²) in [5, 5.41) is 34.4. The van der Waals surface area contributed by atoms with E-state index in [4.69, 9.17) is 5.73 Å². The quantitative estimate of drug-likeness (QED) is 0.0688. The van der Waals surface area contributed by atoms with Crippen molar-refractivity contribution in [2.75, 3.05) is 6.54 Å². The molecule has 0 bridgehead atoms. The molecule has 0 aromatic carbocycles. The molecule has 1 aliphatic heterocycles. The van der Waals surface area contributed by atoms with Gasteiger partial charge >= 0.3 is 11.9 Å². The second-order valence-corrected chi connectivity index (χ2v) is 13.0. The summed E-state index contributed by atoms with van der Waals surface area (Å²) in [7, 11) is 0. The van der Waals surface area contributed by atoms with E-state index < -0.39 is 102 Å². The first-order chi connectivity index (χ1) is 22.4. The Morgan fingerprint density at radius 3 is 1.81 bits per heavy atom. The van der Waals surface area contributed by atoms with Crippen LogP contribution in [0.1, 0.15) is 86.5 Å². The van der Waals surface area contributed by atoms with Crippen LogP contribution in [0.4, 0.5) is 0 Å². The Hall–Kier alpha value is -4.28. The zero-order chi connectivity index (χ0) is 36.7. The molecule has 0 aromatic rings. The Bertz CT molecular complexity index is 1170. The molecule has 0 aromatic heterocycles. The number of carboxylic acids is 2. The molecule has 0 radical (unpaired) electrons. The molecule has 1 heterocycles. The number of carbonyl (C=O) groups is 8. The maximum Gasteiger partial charge on any atom is 0.326 e. The van der Waals surface area contributed by atoms with Crippen molar-refractivity contribution >= 4 is 47.4 Å². The predicted molar refractivity (Wildman–Crippen MR) is 173 cm³/mol. The maximum absolute atomic E-state index is 13.5. The average molecular weight is 684 g/mol. The number of rotatable bonds is 21. The van der Waals surface area contributed by atoms with Crippen molar-refractivity contribution in [3.05, 3.63) is 0 Å². The third-order valence-electron chi connectivity index (χ3n) is 8.06. The van der Waals surface area contributed by atoms with Gasteiger partial charge in [0.1, 0.15) is 30.2 Å². The third kappa shape index (κ3) is 14.2. The van der Waals surface area contributed by atoms with Gasteiger partial charge in [0.25, 0.3) is 0 Å². The molecule has 1 aliphatic rings. The first-order valence-corrected chi connectivity index (χ1v) is 16.4. The van der Waals surface area contributed by atoms with Crippen LogP contribution in [-0.4, -0.2) is 100 Å². The molecule has 1 rings (SSSR count). The van der Waals surface area contributed by atoms with Crippen molar-refractivity contribution < 1.29 is 48.6 Å². The van der Waals surface area contributed by atoms with Crippen LogP contribution in [0.3, 0.4) is 0 Å². The summed E-state index contributed by atoms with van der Waals surface area (Å²) in [6.45, 7) is 10.8. The minimum atomic E-state index is -1.66. The standard InChI is InChI=1S/C31H53N7O10/c1-7-17(6)25(31(47)48)38-29(45)21(14-23(40)41)35-28(44)20(13-15(2)3)36-30(46)24(16(4)5)37-27(43)19(10-11-22(32)39)34-26(42)18-9-8-12-33-18/h15-21,24-25,33H,7-14H2,1-6H3,(H2,32,39)(H,34,42)(H,35,44)(H,36,46)(H,37,43)(H,38,45)(H,40,41)(H,47,48)/t17-,18-,19-,20-,21-,24-,25-/m0/s1. The van der Waals surface area contributed by atoms with Gasteiger partial charge in [-0.3, -0.25) is 33.6 Å². The molecule has 0 unspecified atom stereocenters. The monoisotopic (exact) mass is 683 g/mol. The SMILES string of the molecule is CC[C@H](C)[C@H](NC(=O)[C@H](CC(=O)O)NC(=O)[C@H](CC(C)C)NC(=O)[C@@H](NC(=O)[C@H](CCC(N)=O)NC(=O)[C@@H]1CCCN1)C(C)C)C(=O)O. The molecule has 48 heavy (non-hydrogen) atoms. The summed E-state index contributed by atoms with van der Waals surface area (Å²) in [6, 6.07) is -7.16. The molecular formula is C31H53N7O10. The van der Waals surface area contributed by atoms with Crippen molar-refractivity contribution in [2.45, 2.75) is 123 Å². The molecule has 0 saturated carbocycles. The maximum atomic E-state index is 13.5. The van der Waals surface area contributed by atoms with Gasteiger partial charge in [0.2, 0.25) is 35.4 Å². The molecule has 17 nitrogen and oxygen atoms in total. The number of nitrogens with two attached hydrogens (primary N) is 1. The molecule has 0 aliphatic carbocycles. The number of hydrogen-bond donors (Lipinski definition) is 9. The highest BCUT2D eigenvalue weighted by molar-refractivity contribution is 5.97. The Kier molecular flexibility index (Phi) is 17.5. The van der Waals surface area contributed by atoms with Gasteiger partial charge in [0.05, 0.1) is 12.5 Å². The highest BCUT2D eigenvalue weighted by atomic mass is 16.4. The third-order valence-corrected chi connectivity index (χ3v) is 8.06. The van der Waals surface area contributed by atoms with Gasteiger partial charge in [-0.15, -0.1) is 0 Å². The molecule has 7 atom stereocenters. The molecule has 272 valence electrons. The van der Waals surface area contributed by atoms with Gasteiger partial charge in [0, 0.05) is 6.42 Å². The Balaban J connectivity index is 3.18. The van der Waals surface area contributed by atoms with Crippen molar-refractivity contribution in [3.63, 3.8) is 0 Å². The first kappa shape index (κ1) is 41.7. The largest absolute Gasteiger partial charge is 0.481 e. The van der Waals surface area contributed by atoms with Crippen LogP contribution >= 0.6 is 0 Å². The summed E-state index contributed by atoms with van der Waals surface area (Å²) in [6.07, 6.45) is 0.636. The van der Waals surface area contributed by atoms with Gasteiger partial charge in [-0.25, -0.2) is 4.79 Å². The number of aliphatic carboxylic acids is 2. The van der Waals surface area contributed by atoms with Crippen molar-refractivity contribution in [1.82, 2.24) is 31.9 Å². The fourth-order valence-electron chi connectivity index (χ4n) is 5.08. The molecule has 10 N–H and O–H groups in total. The number of amides is 6. The van der Waals surface area contributed by atoms with Crippen molar-refractivity contribution in [1.29, 1.82) is 0 Å². The topological polar surface area (TPSA) is 275 Å². The zero-order valence-corrected chi connectivity index (χ0v) is 28.6. The van der Waals surface area contributed by atoms with Gasteiger partial charge in [0.15, 0.2) is 0 Å². The minimum Gasteiger partial charge on any atom is -0.481 e. The van der Waals surface area contributed by atoms with Crippen LogP contribution in [0.5, 0.6) is 0 Å². The molecule has 6 amide bonds. The van der Waals surface area contributed by atoms with E-state index in [0.717, 1.165) is 6.42 Å². The Morgan fingerprint density at radius 1 is 0.771 bits per heavy atom. The molecule has 17 heteroatoms. The number of carbonyl (C=O) groups excluding carboxylic acids is 6. The second-order valence-electron chi connectivity index (χ2n) is 13.0. The van der Waals surface area contributed by atoms with E-state index in [1.165, 1.54) is 0 Å². The van der Waals surface area contributed by atoms with E-state index >= 15 is 0 Å². The van der Waals surface area contributed by atoms with Gasteiger partial charge in [-0.1, -0.05) is 48.0 Å². The summed E-state index contributed by atoms with van der Waals surface area (Å²) in [5.74, 6) is -8.46. The van der Waals surface area contributed by atoms with E-state index in [-0.39, 0.29) is 25.2 Å². The van der Waals surface area contributed by atoms with Gasteiger partial charge in [-0.2, -0.15) is 0 Å². The lowest BCUT2D eigenvalue weighted by Gasteiger charge is -2.29. The fourth-order valence-corrected chi connectivity index (χ4v) is 5.08. The van der Waals surface area contributed by atoms with Crippen LogP contribution in [-0.2, 0) is 38.4 Å². The molecule has 0 spiro atoms. The summed E-state index contributed by atoms with van der Waals surface area (Å²) in [4.78, 5) is 101. The van der Waals surface area contributed by atoms with Crippen molar-refractivity contribution in [3.8, 4) is 0 Å². The zero-order valence-electron chi connectivity index (χ0n) is 28.6. The number of nitrogens with one attached hydrogen (secondary N) is 6. The summed E-state index contributed by atoms with van der Waals surface area (Å²) < 4.78 is 0. The lowest BCUT2D eigenvalue weighted by Crippen LogP contribution is -2.60. The highest BCUT2D eigenvalue weighted by Gasteiger charge is 2.35. The van der Waals surface area contributed by atoms with E-state index in [9.17, 15) is 48.6 Å². The molecular weight excluding hydrogens is 630 g/mol. The predicted octanol–water partition coefficient (Wildman–Crippen LogP) is -1.26. The average Bonchev–Trinajstić information content (AvgIpc) is 3.53. The first-order valence-electron chi connectivity index (χ1n) is 16.4. The lowest BCUT2D eigenvalue weighted by molar-refractivity contribution is -0.145. The van der Waals surface area contributed by atoms with E-state index in [0.29, 0.717) is 19.4 Å². The van der Waals surface area contributed by atoms with Crippen molar-refractivity contribution in [2.24, 2.45) is 23.5 Å². The summed E-state index contributed by atoms with van der Waals surface area (Å²) in [5.41, 5.74) is 5.27. The van der Waals surface area contributed by atoms with Crippen LogP contribution < -0.4 is 37.6 Å². The Morgan fingerprint density at radius 2 is 1.33 bits per heavy atom. The normalized spacial score (nSPS) is 18.0. The lowest BCUT2D eigenvalue weighted by atomic mass is 9.98. The van der Waals surface area contributed by atoms with E-state index in [1.807, 2.05) is 0 Å². The number of primary amides is 1. The van der Waals surface area contributed by atoms with Crippen LogP contribution in [0.2, 0.25) is 0 Å². The summed E-state index contributed by atoms with van der Waals surface area (Å²) >= 11 is 0. The van der Waals surface area contributed by atoms with Crippen LogP contribution in [0, 0.1) is 17.8 Å². The van der Waals surface area contributed by atoms with E-state index in [1.54, 1.807) is 41.5 Å².